The standard InChI is InChI=1S/C14H12ClNO4S/c1-19-13-6-4-10(8-14(13)20-2)21-9-3-5-12(16(17)18)11(15)7-9/h3-8H,1-2H3. The molecule has 7 heteroatoms. The molecular weight excluding hydrogens is 314 g/mol. The molecule has 0 bridgehead atoms. The molecule has 0 spiro atoms. The van der Waals surface area contributed by atoms with Crippen LogP contribution < -0.4 is 9.47 Å². The van der Waals surface area contributed by atoms with E-state index in [1.54, 1.807) is 32.4 Å². The van der Waals surface area contributed by atoms with Gasteiger partial charge in [0.2, 0.25) is 0 Å². The van der Waals surface area contributed by atoms with Crippen molar-refractivity contribution in [1.29, 1.82) is 0 Å². The smallest absolute Gasteiger partial charge is 0.287 e. The molecule has 0 heterocycles. The first-order chi connectivity index (χ1) is 10.0. The van der Waals surface area contributed by atoms with Crippen LogP contribution in [0.15, 0.2) is 46.2 Å². The van der Waals surface area contributed by atoms with Gasteiger partial charge in [-0.2, -0.15) is 0 Å². The summed E-state index contributed by atoms with van der Waals surface area (Å²) in [5, 5.41) is 10.8. The Labute approximate surface area is 131 Å². The molecule has 0 atom stereocenters. The Morgan fingerprint density at radius 1 is 1.05 bits per heavy atom. The predicted molar refractivity (Wildman–Crippen MR) is 81.8 cm³/mol. The molecule has 110 valence electrons. The maximum Gasteiger partial charge on any atom is 0.287 e. The van der Waals surface area contributed by atoms with Crippen LogP contribution in [0.5, 0.6) is 11.5 Å². The van der Waals surface area contributed by atoms with E-state index in [0.29, 0.717) is 11.5 Å². The average molecular weight is 326 g/mol. The molecule has 2 aromatic carbocycles. The third-order valence-electron chi connectivity index (χ3n) is 2.71. The van der Waals surface area contributed by atoms with Crippen LogP contribution in [0.3, 0.4) is 0 Å². The second kappa shape index (κ2) is 6.69. The highest BCUT2D eigenvalue weighted by molar-refractivity contribution is 7.99. The number of rotatable bonds is 5. The zero-order chi connectivity index (χ0) is 15.4. The molecular formula is C14H12ClNO4S. The lowest BCUT2D eigenvalue weighted by Crippen LogP contribution is -1.90. The van der Waals surface area contributed by atoms with Gasteiger partial charge >= 0.3 is 0 Å². The molecule has 2 rings (SSSR count). The molecule has 0 aliphatic rings. The molecule has 0 saturated heterocycles. The van der Waals surface area contributed by atoms with Gasteiger partial charge in [-0.1, -0.05) is 23.4 Å². The van der Waals surface area contributed by atoms with E-state index in [4.69, 9.17) is 21.1 Å². The van der Waals surface area contributed by atoms with Crippen LogP contribution in [-0.2, 0) is 0 Å². The van der Waals surface area contributed by atoms with E-state index < -0.39 is 4.92 Å². The number of nitro groups is 1. The summed E-state index contributed by atoms with van der Waals surface area (Å²) in [4.78, 5) is 11.9. The number of hydrogen-bond acceptors (Lipinski definition) is 5. The highest BCUT2D eigenvalue weighted by Crippen LogP contribution is 2.37. The Bertz CT molecular complexity index is 678. The molecule has 0 N–H and O–H groups in total. The van der Waals surface area contributed by atoms with Crippen molar-refractivity contribution < 1.29 is 14.4 Å². The van der Waals surface area contributed by atoms with Crippen molar-refractivity contribution >= 4 is 29.1 Å². The van der Waals surface area contributed by atoms with Crippen molar-refractivity contribution in [3.8, 4) is 11.5 Å². The van der Waals surface area contributed by atoms with Crippen LogP contribution in [-0.4, -0.2) is 19.1 Å². The van der Waals surface area contributed by atoms with Gasteiger partial charge in [0.05, 0.1) is 19.1 Å². The first-order valence-electron chi connectivity index (χ1n) is 5.89. The van der Waals surface area contributed by atoms with Crippen molar-refractivity contribution in [3.63, 3.8) is 0 Å². The van der Waals surface area contributed by atoms with E-state index in [-0.39, 0.29) is 10.7 Å². The normalized spacial score (nSPS) is 10.2. The minimum Gasteiger partial charge on any atom is -0.493 e. The van der Waals surface area contributed by atoms with E-state index in [1.165, 1.54) is 17.8 Å². The zero-order valence-electron chi connectivity index (χ0n) is 11.3. The third-order valence-corrected chi connectivity index (χ3v) is 3.99. The maximum atomic E-state index is 10.7. The lowest BCUT2D eigenvalue weighted by molar-refractivity contribution is -0.384. The number of methoxy groups -OCH3 is 2. The largest absolute Gasteiger partial charge is 0.493 e. The van der Waals surface area contributed by atoms with Gasteiger partial charge in [0.1, 0.15) is 5.02 Å². The fraction of sp³-hybridized carbons (Fsp3) is 0.143. The summed E-state index contributed by atoms with van der Waals surface area (Å²) in [6.45, 7) is 0. The summed E-state index contributed by atoms with van der Waals surface area (Å²) in [5.41, 5.74) is -0.103. The first kappa shape index (κ1) is 15.5. The van der Waals surface area contributed by atoms with Crippen molar-refractivity contribution in [3.05, 3.63) is 51.5 Å². The summed E-state index contributed by atoms with van der Waals surface area (Å²) in [6, 6.07) is 10.1. The lowest BCUT2D eigenvalue weighted by Gasteiger charge is -2.09. The van der Waals surface area contributed by atoms with E-state index >= 15 is 0 Å². The second-order valence-electron chi connectivity index (χ2n) is 3.99. The summed E-state index contributed by atoms with van der Waals surface area (Å²) in [5.74, 6) is 1.26. The minimum absolute atomic E-state index is 0.103. The Morgan fingerprint density at radius 2 is 1.67 bits per heavy atom. The van der Waals surface area contributed by atoms with Crippen LogP contribution >= 0.6 is 23.4 Å². The average Bonchev–Trinajstić information content (AvgIpc) is 2.46. The monoisotopic (exact) mass is 325 g/mol. The summed E-state index contributed by atoms with van der Waals surface area (Å²) in [7, 11) is 3.13. The molecule has 0 aliphatic carbocycles. The molecule has 0 amide bonds. The maximum absolute atomic E-state index is 10.7. The highest BCUT2D eigenvalue weighted by atomic mass is 35.5. The van der Waals surface area contributed by atoms with Crippen molar-refractivity contribution in [2.24, 2.45) is 0 Å². The van der Waals surface area contributed by atoms with Gasteiger partial charge in [-0.3, -0.25) is 10.1 Å². The van der Waals surface area contributed by atoms with Gasteiger partial charge in [0, 0.05) is 15.9 Å². The molecule has 5 nitrogen and oxygen atoms in total. The SMILES string of the molecule is COc1ccc(Sc2ccc([N+](=O)[O-])c(Cl)c2)cc1OC. The van der Waals surface area contributed by atoms with Gasteiger partial charge in [-0.15, -0.1) is 0 Å². The van der Waals surface area contributed by atoms with E-state index in [9.17, 15) is 10.1 Å². The number of benzene rings is 2. The molecule has 0 unspecified atom stereocenters. The van der Waals surface area contributed by atoms with E-state index in [2.05, 4.69) is 0 Å². The molecule has 2 aromatic rings. The van der Waals surface area contributed by atoms with Gasteiger partial charge in [0.15, 0.2) is 11.5 Å². The molecule has 0 aliphatic heterocycles. The van der Waals surface area contributed by atoms with Gasteiger partial charge in [-0.25, -0.2) is 0 Å². The minimum atomic E-state index is -0.507. The Kier molecular flexibility index (Phi) is 4.93. The van der Waals surface area contributed by atoms with Gasteiger partial charge in [0.25, 0.3) is 5.69 Å². The number of nitro benzene ring substituents is 1. The highest BCUT2D eigenvalue weighted by Gasteiger charge is 2.13. The van der Waals surface area contributed by atoms with Crippen LogP contribution in [0.1, 0.15) is 0 Å². The molecule has 0 radical (unpaired) electrons. The fourth-order valence-corrected chi connectivity index (χ4v) is 2.92. The van der Waals surface area contributed by atoms with Crippen LogP contribution in [0.2, 0.25) is 5.02 Å². The number of ether oxygens (including phenoxy) is 2. The van der Waals surface area contributed by atoms with E-state index in [0.717, 1.165) is 9.79 Å². The second-order valence-corrected chi connectivity index (χ2v) is 5.54. The van der Waals surface area contributed by atoms with Crippen molar-refractivity contribution in [2.45, 2.75) is 9.79 Å². The quantitative estimate of drug-likeness (QED) is 0.601. The van der Waals surface area contributed by atoms with Gasteiger partial charge < -0.3 is 9.47 Å². The van der Waals surface area contributed by atoms with Crippen LogP contribution in [0.4, 0.5) is 5.69 Å². The number of hydrogen-bond donors (Lipinski definition) is 0. The molecule has 0 saturated carbocycles. The lowest BCUT2D eigenvalue weighted by atomic mass is 10.3. The Morgan fingerprint density at radius 3 is 2.24 bits per heavy atom. The Balaban J connectivity index is 2.26. The summed E-state index contributed by atoms with van der Waals surface area (Å²) in [6.07, 6.45) is 0. The van der Waals surface area contributed by atoms with Crippen LogP contribution in [0.25, 0.3) is 0 Å². The van der Waals surface area contributed by atoms with E-state index in [1.807, 2.05) is 12.1 Å². The molecule has 0 fully saturated rings. The topological polar surface area (TPSA) is 61.6 Å². The molecule has 21 heavy (non-hydrogen) atoms. The zero-order valence-corrected chi connectivity index (χ0v) is 12.9. The predicted octanol–water partition coefficient (Wildman–Crippen LogP) is 4.42. The van der Waals surface area contributed by atoms with Crippen molar-refractivity contribution in [1.82, 2.24) is 0 Å². The summed E-state index contributed by atoms with van der Waals surface area (Å²) < 4.78 is 10.4. The number of nitrogens with zero attached hydrogens (tertiary/aromatic N) is 1. The fourth-order valence-electron chi connectivity index (χ4n) is 1.72. The third kappa shape index (κ3) is 3.59. The summed E-state index contributed by atoms with van der Waals surface area (Å²) >= 11 is 7.33. The number of halogens is 1. The van der Waals surface area contributed by atoms with Crippen molar-refractivity contribution in [2.75, 3.05) is 14.2 Å². The first-order valence-corrected chi connectivity index (χ1v) is 7.08. The molecule has 0 aromatic heterocycles. The van der Waals surface area contributed by atoms with Gasteiger partial charge in [-0.05, 0) is 30.3 Å². The Hall–Kier alpha value is -1.92. The van der Waals surface area contributed by atoms with Crippen LogP contribution in [0, 0.1) is 10.1 Å².